The number of ether oxygens (including phenoxy) is 2. The van der Waals surface area contributed by atoms with Gasteiger partial charge in [0.15, 0.2) is 11.5 Å². The molecule has 0 bridgehead atoms. The molecule has 154 valence electrons. The minimum absolute atomic E-state index is 0.0949. The molecule has 3 aliphatic heterocycles. The van der Waals surface area contributed by atoms with E-state index in [0.29, 0.717) is 31.3 Å². The molecule has 3 aliphatic rings. The van der Waals surface area contributed by atoms with Crippen LogP contribution >= 0.6 is 0 Å². The maximum absolute atomic E-state index is 12.9. The van der Waals surface area contributed by atoms with Gasteiger partial charge in [-0.3, -0.25) is 19.3 Å². The van der Waals surface area contributed by atoms with Crippen LogP contribution in [-0.4, -0.2) is 71.3 Å². The summed E-state index contributed by atoms with van der Waals surface area (Å²) in [5.74, 6) is -0.836. The van der Waals surface area contributed by atoms with Crippen molar-refractivity contribution in [1.82, 2.24) is 14.7 Å². The van der Waals surface area contributed by atoms with Crippen LogP contribution in [0.25, 0.3) is 0 Å². The van der Waals surface area contributed by atoms with Crippen molar-refractivity contribution in [2.24, 2.45) is 0 Å². The van der Waals surface area contributed by atoms with Crippen molar-refractivity contribution in [2.45, 2.75) is 32.2 Å². The van der Waals surface area contributed by atoms with Gasteiger partial charge in [0.25, 0.3) is 0 Å². The monoisotopic (exact) mass is 401 g/mol. The molecule has 0 radical (unpaired) electrons. The second-order valence-electron chi connectivity index (χ2n) is 7.23. The molecular formula is C20H23N3O6. The minimum atomic E-state index is -0.948. The molecule has 0 spiro atoms. The Kier molecular flexibility index (Phi) is 5.12. The molecule has 1 atom stereocenters. The maximum atomic E-state index is 12.9. The minimum Gasteiger partial charge on any atom is -0.490 e. The van der Waals surface area contributed by atoms with E-state index in [0.717, 1.165) is 34.6 Å². The lowest BCUT2D eigenvalue weighted by atomic mass is 10.0. The summed E-state index contributed by atoms with van der Waals surface area (Å²) < 4.78 is 11.4. The summed E-state index contributed by atoms with van der Waals surface area (Å²) >= 11 is 0. The summed E-state index contributed by atoms with van der Waals surface area (Å²) in [6.07, 6.45) is 2.39. The fraction of sp³-hybridized carbons (Fsp3) is 0.500. The largest absolute Gasteiger partial charge is 0.490 e. The molecule has 0 aliphatic carbocycles. The predicted octanol–water partition coefficient (Wildman–Crippen LogP) is 1.32. The highest BCUT2D eigenvalue weighted by Gasteiger charge is 2.45. The molecule has 3 heterocycles. The summed E-state index contributed by atoms with van der Waals surface area (Å²) in [5.41, 5.74) is 0.922. The zero-order chi connectivity index (χ0) is 20.5. The van der Waals surface area contributed by atoms with Gasteiger partial charge < -0.3 is 14.4 Å². The Morgan fingerprint density at radius 1 is 1.03 bits per heavy atom. The number of imide groups is 2. The van der Waals surface area contributed by atoms with Crippen LogP contribution in [0.2, 0.25) is 0 Å². The third-order valence-electron chi connectivity index (χ3n) is 5.47. The Morgan fingerprint density at radius 3 is 2.48 bits per heavy atom. The summed E-state index contributed by atoms with van der Waals surface area (Å²) in [4.78, 5) is 52.4. The van der Waals surface area contributed by atoms with Gasteiger partial charge in [-0.2, -0.15) is 0 Å². The number of fused-ring (bicyclic) bond motifs is 1. The smallest absolute Gasteiger partial charge is 0.334 e. The van der Waals surface area contributed by atoms with Gasteiger partial charge in [-0.15, -0.1) is 0 Å². The molecule has 4 rings (SSSR count). The number of amides is 5. The standard InChI is InChI=1S/C20H23N3O6/c1-2-21-18(25)19(26)23(20(21)27)12-17(24)22-8-3-5-14(22)13-6-7-15-16(11-13)29-10-4-9-28-15/h6-7,11,14H,2-5,8-10,12H2,1H3/t14-/m0/s1. The van der Waals surface area contributed by atoms with E-state index in [-0.39, 0.29) is 18.5 Å². The molecule has 1 aromatic carbocycles. The Bertz CT molecular complexity index is 870. The summed E-state index contributed by atoms with van der Waals surface area (Å²) in [5, 5.41) is 0. The highest BCUT2D eigenvalue weighted by atomic mass is 16.5. The van der Waals surface area contributed by atoms with Gasteiger partial charge in [0.2, 0.25) is 5.91 Å². The lowest BCUT2D eigenvalue weighted by Gasteiger charge is -2.27. The Balaban J connectivity index is 1.51. The quantitative estimate of drug-likeness (QED) is 0.558. The van der Waals surface area contributed by atoms with Crippen LogP contribution in [-0.2, 0) is 14.4 Å². The van der Waals surface area contributed by atoms with E-state index < -0.39 is 24.4 Å². The van der Waals surface area contributed by atoms with Crippen molar-refractivity contribution in [3.05, 3.63) is 23.8 Å². The van der Waals surface area contributed by atoms with Crippen LogP contribution < -0.4 is 9.47 Å². The third-order valence-corrected chi connectivity index (χ3v) is 5.47. The first-order chi connectivity index (χ1) is 14.0. The second kappa shape index (κ2) is 7.73. The first-order valence-electron chi connectivity index (χ1n) is 9.87. The van der Waals surface area contributed by atoms with Crippen molar-refractivity contribution in [2.75, 3.05) is 32.8 Å². The van der Waals surface area contributed by atoms with E-state index in [1.165, 1.54) is 0 Å². The number of urea groups is 1. The molecule has 5 amide bonds. The first-order valence-corrected chi connectivity index (χ1v) is 9.87. The van der Waals surface area contributed by atoms with Crippen LogP contribution in [0.5, 0.6) is 11.5 Å². The molecule has 9 heteroatoms. The van der Waals surface area contributed by atoms with Crippen LogP contribution in [0.3, 0.4) is 0 Å². The maximum Gasteiger partial charge on any atom is 0.334 e. The third kappa shape index (κ3) is 3.41. The molecular weight excluding hydrogens is 378 g/mol. The molecule has 1 aromatic rings. The van der Waals surface area contributed by atoms with E-state index in [4.69, 9.17) is 9.47 Å². The normalized spacial score (nSPS) is 21.8. The Labute approximate surface area is 168 Å². The number of carbonyl (C=O) groups excluding carboxylic acids is 4. The van der Waals surface area contributed by atoms with Gasteiger partial charge >= 0.3 is 17.8 Å². The summed E-state index contributed by atoms with van der Waals surface area (Å²) in [6, 6.07) is 4.75. The molecule has 0 saturated carbocycles. The van der Waals surface area contributed by atoms with Crippen molar-refractivity contribution in [1.29, 1.82) is 0 Å². The van der Waals surface area contributed by atoms with Crippen LogP contribution in [0.15, 0.2) is 18.2 Å². The zero-order valence-corrected chi connectivity index (χ0v) is 16.3. The van der Waals surface area contributed by atoms with E-state index in [1.807, 2.05) is 18.2 Å². The number of carbonyl (C=O) groups is 4. The molecule has 29 heavy (non-hydrogen) atoms. The topological polar surface area (TPSA) is 96.5 Å². The van der Waals surface area contributed by atoms with Crippen LogP contribution in [0, 0.1) is 0 Å². The van der Waals surface area contributed by atoms with Gasteiger partial charge in [-0.05, 0) is 37.5 Å². The van der Waals surface area contributed by atoms with E-state index in [1.54, 1.807) is 11.8 Å². The average Bonchev–Trinajstić information content (AvgIpc) is 3.18. The number of hydrogen-bond donors (Lipinski definition) is 0. The molecule has 2 fully saturated rings. The Hall–Kier alpha value is -3.10. The highest BCUT2D eigenvalue weighted by Crippen LogP contribution is 2.38. The number of benzene rings is 1. The summed E-state index contributed by atoms with van der Waals surface area (Å²) in [6.45, 7) is 2.98. The van der Waals surface area contributed by atoms with Crippen LogP contribution in [0.4, 0.5) is 4.79 Å². The number of likely N-dealkylation sites (N-methyl/N-ethyl adjacent to an activating group) is 1. The SMILES string of the molecule is CCN1C(=O)C(=O)N(CC(=O)N2CCC[C@H]2c2ccc3c(c2)OCCCO3)C1=O. The average molecular weight is 401 g/mol. The lowest BCUT2D eigenvalue weighted by molar-refractivity contribution is -0.145. The lowest BCUT2D eigenvalue weighted by Crippen LogP contribution is -2.43. The second-order valence-corrected chi connectivity index (χ2v) is 7.23. The first kappa shape index (κ1) is 19.2. The number of rotatable bonds is 4. The molecule has 2 saturated heterocycles. The zero-order valence-electron chi connectivity index (χ0n) is 16.3. The van der Waals surface area contributed by atoms with E-state index >= 15 is 0 Å². The van der Waals surface area contributed by atoms with Gasteiger partial charge in [-0.1, -0.05) is 6.07 Å². The highest BCUT2D eigenvalue weighted by molar-refractivity contribution is 6.45. The summed E-state index contributed by atoms with van der Waals surface area (Å²) in [7, 11) is 0. The predicted molar refractivity (Wildman–Crippen MR) is 100 cm³/mol. The molecule has 0 aromatic heterocycles. The molecule has 0 unspecified atom stereocenters. The number of hydrogen-bond acceptors (Lipinski definition) is 6. The van der Waals surface area contributed by atoms with Gasteiger partial charge in [0.1, 0.15) is 6.54 Å². The van der Waals surface area contributed by atoms with Crippen molar-refractivity contribution >= 4 is 23.8 Å². The van der Waals surface area contributed by atoms with Gasteiger partial charge in [-0.25, -0.2) is 9.69 Å². The van der Waals surface area contributed by atoms with Crippen molar-refractivity contribution < 1.29 is 28.7 Å². The Morgan fingerprint density at radius 2 is 1.76 bits per heavy atom. The van der Waals surface area contributed by atoms with Crippen molar-refractivity contribution in [3.8, 4) is 11.5 Å². The van der Waals surface area contributed by atoms with Gasteiger partial charge in [0, 0.05) is 19.5 Å². The molecule has 9 nitrogen and oxygen atoms in total. The van der Waals surface area contributed by atoms with Crippen LogP contribution in [0.1, 0.15) is 37.8 Å². The van der Waals surface area contributed by atoms with E-state index in [2.05, 4.69) is 0 Å². The van der Waals surface area contributed by atoms with Gasteiger partial charge in [0.05, 0.1) is 19.3 Å². The number of nitrogens with zero attached hydrogens (tertiary/aromatic N) is 3. The van der Waals surface area contributed by atoms with E-state index in [9.17, 15) is 19.2 Å². The fourth-order valence-electron chi connectivity index (χ4n) is 3.99. The number of likely N-dealkylation sites (tertiary alicyclic amines) is 1. The van der Waals surface area contributed by atoms with Crippen molar-refractivity contribution in [3.63, 3.8) is 0 Å². The fourth-order valence-corrected chi connectivity index (χ4v) is 3.99. The molecule has 0 N–H and O–H groups in total.